The summed E-state index contributed by atoms with van der Waals surface area (Å²) in [6, 6.07) is 5.77. The van der Waals surface area contributed by atoms with E-state index in [-0.39, 0.29) is 5.91 Å². The second-order valence-electron chi connectivity index (χ2n) is 6.45. The monoisotopic (exact) mass is 430 g/mol. The topological polar surface area (TPSA) is 80.5 Å². The first-order valence-electron chi connectivity index (χ1n) is 8.69. The van der Waals surface area contributed by atoms with Crippen molar-refractivity contribution in [3.8, 4) is 0 Å². The van der Waals surface area contributed by atoms with Gasteiger partial charge in [-0.1, -0.05) is 6.07 Å². The Bertz CT molecular complexity index is 1010. The molecule has 1 amide bonds. The van der Waals surface area contributed by atoms with Crippen LogP contribution >= 0.6 is 15.9 Å². The lowest BCUT2D eigenvalue weighted by molar-refractivity contribution is 0.102. The van der Waals surface area contributed by atoms with Gasteiger partial charge in [0.15, 0.2) is 0 Å². The number of nitrogens with one attached hydrogen (secondary N) is 1. The molecule has 8 heteroatoms. The maximum atomic E-state index is 13.1. The molecule has 0 bridgehead atoms. The number of furan rings is 1. The van der Waals surface area contributed by atoms with Crippen molar-refractivity contribution in [3.63, 3.8) is 0 Å². The number of aromatic nitrogens is 2. The van der Waals surface area contributed by atoms with Crippen LogP contribution in [0.2, 0.25) is 0 Å². The number of morpholine rings is 1. The maximum Gasteiger partial charge on any atom is 0.260 e. The van der Waals surface area contributed by atoms with E-state index in [2.05, 4.69) is 36.1 Å². The fourth-order valence-electron chi connectivity index (χ4n) is 3.22. The Hall–Kier alpha value is -2.45. The van der Waals surface area contributed by atoms with E-state index in [4.69, 9.17) is 9.15 Å². The molecule has 4 rings (SSSR count). The third-order valence-electron chi connectivity index (χ3n) is 4.55. The van der Waals surface area contributed by atoms with E-state index < -0.39 is 0 Å². The Labute approximate surface area is 164 Å². The first kappa shape index (κ1) is 17.9. The summed E-state index contributed by atoms with van der Waals surface area (Å²) in [6.07, 6.45) is 1.47. The highest BCUT2D eigenvalue weighted by molar-refractivity contribution is 9.10. The fraction of sp³-hybridized carbons (Fsp3) is 0.316. The number of carbonyl (C=O) groups is 1. The smallest absolute Gasteiger partial charge is 0.260 e. The van der Waals surface area contributed by atoms with Gasteiger partial charge in [-0.25, -0.2) is 9.97 Å². The highest BCUT2D eigenvalue weighted by Gasteiger charge is 2.26. The number of amides is 1. The SMILES string of the molecule is Cc1ccc(NC(=O)c2c(C)oc3ncnc(N4CCOCC4)c23)c(Br)c1. The molecule has 0 saturated carbocycles. The number of hydrogen-bond acceptors (Lipinski definition) is 6. The van der Waals surface area contributed by atoms with Crippen molar-refractivity contribution in [2.24, 2.45) is 0 Å². The molecule has 1 saturated heterocycles. The van der Waals surface area contributed by atoms with Crippen LogP contribution in [-0.4, -0.2) is 42.2 Å². The molecule has 0 radical (unpaired) electrons. The highest BCUT2D eigenvalue weighted by Crippen LogP contribution is 2.33. The van der Waals surface area contributed by atoms with E-state index in [1.165, 1.54) is 6.33 Å². The molecule has 1 aromatic carbocycles. The van der Waals surface area contributed by atoms with Gasteiger partial charge in [0.25, 0.3) is 5.91 Å². The Balaban J connectivity index is 1.76. The third-order valence-corrected chi connectivity index (χ3v) is 5.21. The number of ether oxygens (including phenoxy) is 1. The molecule has 27 heavy (non-hydrogen) atoms. The van der Waals surface area contributed by atoms with Gasteiger partial charge < -0.3 is 19.4 Å². The molecular weight excluding hydrogens is 412 g/mol. The number of rotatable bonds is 3. The number of anilines is 2. The average molecular weight is 431 g/mol. The van der Waals surface area contributed by atoms with E-state index in [1.807, 2.05) is 25.1 Å². The van der Waals surface area contributed by atoms with Crippen LogP contribution in [0.15, 0.2) is 33.4 Å². The van der Waals surface area contributed by atoms with Crippen molar-refractivity contribution in [1.82, 2.24) is 9.97 Å². The summed E-state index contributed by atoms with van der Waals surface area (Å²) in [5.41, 5.74) is 2.67. The number of fused-ring (bicyclic) bond motifs is 1. The van der Waals surface area contributed by atoms with Crippen molar-refractivity contribution >= 4 is 44.4 Å². The van der Waals surface area contributed by atoms with Gasteiger partial charge in [-0.15, -0.1) is 0 Å². The molecule has 1 aliphatic heterocycles. The Morgan fingerprint density at radius 1 is 1.22 bits per heavy atom. The largest absolute Gasteiger partial charge is 0.442 e. The van der Waals surface area contributed by atoms with Gasteiger partial charge in [-0.3, -0.25) is 4.79 Å². The average Bonchev–Trinajstić information content (AvgIpc) is 3.00. The van der Waals surface area contributed by atoms with E-state index in [0.717, 1.165) is 10.0 Å². The first-order chi connectivity index (χ1) is 13.0. The lowest BCUT2D eigenvalue weighted by atomic mass is 10.1. The molecule has 140 valence electrons. The van der Waals surface area contributed by atoms with E-state index in [1.54, 1.807) is 6.92 Å². The van der Waals surface area contributed by atoms with Gasteiger partial charge >= 0.3 is 0 Å². The number of halogens is 1. The molecule has 0 atom stereocenters. The molecule has 3 heterocycles. The van der Waals surface area contributed by atoms with Crippen LogP contribution in [0.5, 0.6) is 0 Å². The number of hydrogen-bond donors (Lipinski definition) is 1. The molecule has 0 spiro atoms. The van der Waals surface area contributed by atoms with E-state index >= 15 is 0 Å². The Kier molecular flexibility index (Phi) is 4.84. The Morgan fingerprint density at radius 2 is 2.00 bits per heavy atom. The molecule has 1 aliphatic rings. The predicted octanol–water partition coefficient (Wildman–Crippen LogP) is 3.69. The number of nitrogens with zero attached hydrogens (tertiary/aromatic N) is 3. The molecular formula is C19H19BrN4O3. The van der Waals surface area contributed by atoms with Crippen molar-refractivity contribution in [3.05, 3.63) is 45.9 Å². The number of benzene rings is 1. The first-order valence-corrected chi connectivity index (χ1v) is 9.48. The van der Waals surface area contributed by atoms with Crippen molar-refractivity contribution < 1.29 is 13.9 Å². The molecule has 3 aromatic rings. The van der Waals surface area contributed by atoms with Crippen LogP contribution in [0.3, 0.4) is 0 Å². The summed E-state index contributed by atoms with van der Waals surface area (Å²) >= 11 is 3.50. The van der Waals surface area contributed by atoms with Crippen molar-refractivity contribution in [2.75, 3.05) is 36.5 Å². The summed E-state index contributed by atoms with van der Waals surface area (Å²) in [6.45, 7) is 6.43. The quantitative estimate of drug-likeness (QED) is 0.682. The molecule has 0 unspecified atom stereocenters. The molecule has 1 N–H and O–H groups in total. The molecule has 1 fully saturated rings. The van der Waals surface area contributed by atoms with Gasteiger partial charge in [0.2, 0.25) is 5.71 Å². The summed E-state index contributed by atoms with van der Waals surface area (Å²) in [7, 11) is 0. The molecule has 0 aliphatic carbocycles. The fourth-order valence-corrected chi connectivity index (χ4v) is 3.82. The van der Waals surface area contributed by atoms with E-state index in [0.29, 0.717) is 60.2 Å². The lowest BCUT2D eigenvalue weighted by Crippen LogP contribution is -2.37. The van der Waals surface area contributed by atoms with Gasteiger partial charge in [0.05, 0.1) is 29.9 Å². The van der Waals surface area contributed by atoms with Gasteiger partial charge in [0.1, 0.15) is 17.9 Å². The van der Waals surface area contributed by atoms with Gasteiger partial charge in [0, 0.05) is 17.6 Å². The minimum atomic E-state index is -0.250. The lowest BCUT2D eigenvalue weighted by Gasteiger charge is -2.28. The summed E-state index contributed by atoms with van der Waals surface area (Å²) in [5.74, 6) is 0.967. The standard InChI is InChI=1S/C19H19BrN4O3/c1-11-3-4-14(13(20)9-11)23-18(25)15-12(2)27-19-16(15)17(21-10-22-19)24-5-7-26-8-6-24/h3-4,9-10H,5-8H2,1-2H3,(H,23,25). The second-order valence-corrected chi connectivity index (χ2v) is 7.30. The number of aryl methyl sites for hydroxylation is 2. The summed E-state index contributed by atoms with van der Waals surface area (Å²) in [4.78, 5) is 23.8. The minimum absolute atomic E-state index is 0.250. The van der Waals surface area contributed by atoms with Crippen LogP contribution in [0.1, 0.15) is 21.7 Å². The zero-order chi connectivity index (χ0) is 19.0. The highest BCUT2D eigenvalue weighted by atomic mass is 79.9. The van der Waals surface area contributed by atoms with Gasteiger partial charge in [-0.2, -0.15) is 0 Å². The maximum absolute atomic E-state index is 13.1. The number of carbonyl (C=O) groups excluding carboxylic acids is 1. The summed E-state index contributed by atoms with van der Waals surface area (Å²) in [5, 5.41) is 3.60. The normalized spacial score (nSPS) is 14.6. The van der Waals surface area contributed by atoms with E-state index in [9.17, 15) is 4.79 Å². The summed E-state index contributed by atoms with van der Waals surface area (Å²) < 4.78 is 12.0. The van der Waals surface area contributed by atoms with Gasteiger partial charge in [-0.05, 0) is 47.5 Å². The zero-order valence-corrected chi connectivity index (χ0v) is 16.7. The molecule has 2 aromatic heterocycles. The van der Waals surface area contributed by atoms with Crippen LogP contribution in [-0.2, 0) is 4.74 Å². The Morgan fingerprint density at radius 3 is 2.74 bits per heavy atom. The van der Waals surface area contributed by atoms with Crippen LogP contribution in [0.25, 0.3) is 11.1 Å². The van der Waals surface area contributed by atoms with Crippen LogP contribution in [0.4, 0.5) is 11.5 Å². The third kappa shape index (κ3) is 3.42. The van der Waals surface area contributed by atoms with Crippen LogP contribution in [0, 0.1) is 13.8 Å². The molecule has 7 nitrogen and oxygen atoms in total. The second kappa shape index (κ2) is 7.28. The van der Waals surface area contributed by atoms with Crippen LogP contribution < -0.4 is 10.2 Å². The minimum Gasteiger partial charge on any atom is -0.442 e. The van der Waals surface area contributed by atoms with Crippen molar-refractivity contribution in [2.45, 2.75) is 13.8 Å². The zero-order valence-electron chi connectivity index (χ0n) is 15.1. The van der Waals surface area contributed by atoms with Crippen molar-refractivity contribution in [1.29, 1.82) is 0 Å². The predicted molar refractivity (Wildman–Crippen MR) is 106 cm³/mol.